The van der Waals surface area contributed by atoms with Crippen LogP contribution in [0, 0.1) is 27.7 Å². The van der Waals surface area contributed by atoms with Gasteiger partial charge in [0.1, 0.15) is 10.6 Å². The number of carboxylic acid groups (broad SMARTS) is 1. The van der Waals surface area contributed by atoms with Crippen LogP contribution in [0.1, 0.15) is 32.3 Å². The predicted molar refractivity (Wildman–Crippen MR) is 110 cm³/mol. The first-order chi connectivity index (χ1) is 13.2. The molecule has 0 spiro atoms. The van der Waals surface area contributed by atoms with Gasteiger partial charge in [-0.2, -0.15) is 0 Å². The molecule has 3 rings (SSSR count). The molecule has 0 bridgehead atoms. The quantitative estimate of drug-likeness (QED) is 0.546. The summed E-state index contributed by atoms with van der Waals surface area (Å²) in [5, 5.41) is 16.9. The summed E-state index contributed by atoms with van der Waals surface area (Å²) in [5.41, 5.74) is 3.46. The Morgan fingerprint density at radius 3 is 2.50 bits per heavy atom. The molecule has 1 unspecified atom stereocenters. The molecule has 0 aliphatic carbocycles. The van der Waals surface area contributed by atoms with Gasteiger partial charge in [-0.25, -0.2) is 4.79 Å². The van der Waals surface area contributed by atoms with E-state index in [0.29, 0.717) is 21.6 Å². The number of rotatable bonds is 6. The smallest absolute Gasteiger partial charge is 0.348 e. The second-order valence-electron chi connectivity index (χ2n) is 6.49. The van der Waals surface area contributed by atoms with Gasteiger partial charge in [-0.15, -0.1) is 11.3 Å². The number of thiophene rings is 1. The zero-order valence-electron chi connectivity index (χ0n) is 16.2. The minimum absolute atomic E-state index is 0.0389. The van der Waals surface area contributed by atoms with Crippen molar-refractivity contribution in [1.29, 1.82) is 0 Å². The minimum atomic E-state index is -3.53. The number of carbonyl (C=O) groups is 1. The Morgan fingerprint density at radius 1 is 1.25 bits per heavy atom. The number of aryl methyl sites for hydroxylation is 4. The SMILES string of the molecule is COP(=O)(Nc1cc(-c2c(C)noc2C)sc1C(=O)O)c1ccc(C)cc1C. The summed E-state index contributed by atoms with van der Waals surface area (Å²) in [6, 6.07) is 7.14. The molecular formula is C19H21N2O5PS. The summed E-state index contributed by atoms with van der Waals surface area (Å²) < 4.78 is 24.1. The number of aromatic carboxylic acids is 1. The lowest BCUT2D eigenvalue weighted by atomic mass is 10.1. The molecule has 0 aliphatic rings. The highest BCUT2D eigenvalue weighted by Gasteiger charge is 2.30. The Bertz CT molecular complexity index is 1080. The summed E-state index contributed by atoms with van der Waals surface area (Å²) in [4.78, 5) is 12.5. The average molecular weight is 420 g/mol. The normalized spacial score (nSPS) is 13.3. The fraction of sp³-hybridized carbons (Fsp3) is 0.263. The molecule has 0 aliphatic heterocycles. The lowest BCUT2D eigenvalue weighted by molar-refractivity contribution is 0.0703. The Morgan fingerprint density at radius 2 is 1.96 bits per heavy atom. The van der Waals surface area contributed by atoms with Crippen molar-refractivity contribution in [2.24, 2.45) is 0 Å². The van der Waals surface area contributed by atoms with E-state index in [9.17, 15) is 14.5 Å². The molecule has 148 valence electrons. The Hall–Kier alpha value is -2.41. The van der Waals surface area contributed by atoms with Crippen LogP contribution in [0.5, 0.6) is 0 Å². The van der Waals surface area contributed by atoms with Crippen LogP contribution in [0.4, 0.5) is 5.69 Å². The van der Waals surface area contributed by atoms with Crippen molar-refractivity contribution in [3.05, 3.63) is 51.7 Å². The highest BCUT2D eigenvalue weighted by molar-refractivity contribution is 7.68. The molecule has 3 aromatic rings. The van der Waals surface area contributed by atoms with E-state index in [1.807, 2.05) is 26.0 Å². The number of nitrogens with one attached hydrogen (secondary N) is 1. The first kappa shape index (κ1) is 20.3. The van der Waals surface area contributed by atoms with Crippen molar-refractivity contribution >= 4 is 35.8 Å². The third-order valence-electron chi connectivity index (χ3n) is 4.40. The van der Waals surface area contributed by atoms with Crippen molar-refractivity contribution in [2.45, 2.75) is 27.7 Å². The van der Waals surface area contributed by atoms with Gasteiger partial charge in [0.25, 0.3) is 0 Å². The van der Waals surface area contributed by atoms with Gasteiger partial charge < -0.3 is 19.2 Å². The highest BCUT2D eigenvalue weighted by atomic mass is 32.1. The molecule has 0 saturated carbocycles. The van der Waals surface area contributed by atoms with E-state index in [1.54, 1.807) is 26.0 Å². The van der Waals surface area contributed by atoms with Crippen LogP contribution in [0.25, 0.3) is 10.4 Å². The lowest BCUT2D eigenvalue weighted by Gasteiger charge is -2.20. The third-order valence-corrected chi connectivity index (χ3v) is 7.73. The fourth-order valence-electron chi connectivity index (χ4n) is 3.09. The van der Waals surface area contributed by atoms with Crippen molar-refractivity contribution in [1.82, 2.24) is 5.16 Å². The summed E-state index contributed by atoms with van der Waals surface area (Å²) in [6.07, 6.45) is 0. The molecule has 28 heavy (non-hydrogen) atoms. The van der Waals surface area contributed by atoms with Crippen molar-refractivity contribution in [3.63, 3.8) is 0 Å². The number of hydrogen-bond acceptors (Lipinski definition) is 6. The molecule has 9 heteroatoms. The van der Waals surface area contributed by atoms with E-state index >= 15 is 0 Å². The topological polar surface area (TPSA) is 102 Å². The van der Waals surface area contributed by atoms with Crippen LogP contribution in [0.2, 0.25) is 0 Å². The maximum absolute atomic E-state index is 13.5. The molecule has 0 radical (unpaired) electrons. The molecule has 0 fully saturated rings. The largest absolute Gasteiger partial charge is 0.477 e. The standard InChI is InChI=1S/C19H21N2O5PS/c1-10-6-7-15(11(2)8-10)27(24,25-5)21-14-9-16(28-18(14)19(22)23)17-12(3)20-26-13(17)4/h6-9H,1-5H3,(H,21,24)(H,22,23). The molecule has 2 heterocycles. The van der Waals surface area contributed by atoms with E-state index < -0.39 is 13.5 Å². The highest BCUT2D eigenvalue weighted by Crippen LogP contribution is 2.49. The minimum Gasteiger partial charge on any atom is -0.477 e. The molecule has 7 nitrogen and oxygen atoms in total. The van der Waals surface area contributed by atoms with Gasteiger partial charge in [-0.3, -0.25) is 4.57 Å². The lowest BCUT2D eigenvalue weighted by Crippen LogP contribution is -2.17. The second kappa shape index (κ2) is 7.54. The van der Waals surface area contributed by atoms with Crippen molar-refractivity contribution in [2.75, 3.05) is 12.2 Å². The van der Waals surface area contributed by atoms with Crippen molar-refractivity contribution < 1.29 is 23.5 Å². The van der Waals surface area contributed by atoms with Crippen LogP contribution in [0.3, 0.4) is 0 Å². The number of benzene rings is 1. The van der Waals surface area contributed by atoms with Gasteiger partial charge in [0.2, 0.25) is 0 Å². The first-order valence-electron chi connectivity index (χ1n) is 8.48. The molecule has 1 aromatic carbocycles. The first-order valence-corrected chi connectivity index (χ1v) is 10.9. The zero-order chi connectivity index (χ0) is 20.6. The number of aromatic nitrogens is 1. The maximum Gasteiger partial charge on any atom is 0.348 e. The van der Waals surface area contributed by atoms with E-state index in [-0.39, 0.29) is 10.6 Å². The number of carboxylic acids is 1. The Labute approximate surface area is 166 Å². The van der Waals surface area contributed by atoms with Crippen molar-refractivity contribution in [3.8, 4) is 10.4 Å². The number of hydrogen-bond donors (Lipinski definition) is 2. The molecule has 2 aromatic heterocycles. The average Bonchev–Trinajstić information content (AvgIpc) is 3.17. The zero-order valence-corrected chi connectivity index (χ0v) is 17.9. The summed E-state index contributed by atoms with van der Waals surface area (Å²) in [5.74, 6) is -0.527. The molecule has 0 saturated heterocycles. The Kier molecular flexibility index (Phi) is 5.48. The number of nitrogens with zero attached hydrogens (tertiary/aromatic N) is 1. The van der Waals surface area contributed by atoms with E-state index in [0.717, 1.165) is 28.0 Å². The Balaban J connectivity index is 2.10. The third kappa shape index (κ3) is 3.63. The maximum atomic E-state index is 13.5. The van der Waals surface area contributed by atoms with Crippen LogP contribution in [-0.4, -0.2) is 23.3 Å². The van der Waals surface area contributed by atoms with Gasteiger partial charge in [-0.05, 0) is 45.4 Å². The van der Waals surface area contributed by atoms with Crippen LogP contribution in [0.15, 0.2) is 28.8 Å². The molecule has 0 amide bonds. The number of anilines is 1. The van der Waals surface area contributed by atoms with Crippen LogP contribution in [-0.2, 0) is 9.09 Å². The summed E-state index contributed by atoms with van der Waals surface area (Å²) in [6.45, 7) is 7.34. The monoisotopic (exact) mass is 420 g/mol. The molecular weight excluding hydrogens is 399 g/mol. The van der Waals surface area contributed by atoms with Crippen LogP contribution >= 0.6 is 18.9 Å². The van der Waals surface area contributed by atoms with Gasteiger partial charge in [-0.1, -0.05) is 22.9 Å². The van der Waals surface area contributed by atoms with E-state index in [2.05, 4.69) is 10.2 Å². The fourth-order valence-corrected chi connectivity index (χ4v) is 5.96. The molecule has 1 atom stereocenters. The van der Waals surface area contributed by atoms with Gasteiger partial charge in [0.05, 0.1) is 22.2 Å². The van der Waals surface area contributed by atoms with Gasteiger partial charge in [0, 0.05) is 12.0 Å². The van der Waals surface area contributed by atoms with Gasteiger partial charge >= 0.3 is 13.5 Å². The summed E-state index contributed by atoms with van der Waals surface area (Å²) >= 11 is 1.07. The van der Waals surface area contributed by atoms with E-state index in [1.165, 1.54) is 7.11 Å². The van der Waals surface area contributed by atoms with Crippen LogP contribution < -0.4 is 10.4 Å². The second-order valence-corrected chi connectivity index (χ2v) is 9.72. The van der Waals surface area contributed by atoms with E-state index in [4.69, 9.17) is 9.05 Å². The summed E-state index contributed by atoms with van der Waals surface area (Å²) in [7, 11) is -2.19. The van der Waals surface area contributed by atoms with Gasteiger partial charge in [0.15, 0.2) is 0 Å². The molecule has 2 N–H and O–H groups in total. The predicted octanol–water partition coefficient (Wildman–Crippen LogP) is 4.91.